The monoisotopic (exact) mass is 954 g/mol. The third-order valence-corrected chi connectivity index (χ3v) is 11.4. The number of furan rings is 1. The fourth-order valence-corrected chi connectivity index (χ4v) is 7.85. The largest absolute Gasteiger partial charge is 0.486 e. The van der Waals surface area contributed by atoms with Crippen molar-refractivity contribution in [2.75, 3.05) is 0 Å². The van der Waals surface area contributed by atoms with Crippen molar-refractivity contribution in [1.29, 1.82) is 0 Å². The fraction of sp³-hybridized carbons (Fsp3) is 0.109. The predicted molar refractivity (Wildman–Crippen MR) is 244 cm³/mol. The number of hydrogen-bond acceptors (Lipinski definition) is 4. The SMILES string of the molecule is Cc1ccc2c(n1)oc1c(-c3cc(-c4ccc5cc(-c6ccccc6)ccc5c4C)c(C)cn3)[c-]ccc12.Cc1cnc(-c2[c-]cc(C)c(-c3ccccc3)c2)cc1C.[Ir]. The van der Waals surface area contributed by atoms with Crippen LogP contribution < -0.4 is 0 Å². The van der Waals surface area contributed by atoms with E-state index in [2.05, 4.69) is 172 Å². The van der Waals surface area contributed by atoms with Crippen LogP contribution in [-0.4, -0.2) is 15.0 Å². The Labute approximate surface area is 365 Å². The zero-order chi connectivity index (χ0) is 40.6. The molecule has 0 spiro atoms. The number of fused-ring (bicyclic) bond motifs is 4. The van der Waals surface area contributed by atoms with Crippen molar-refractivity contribution in [1.82, 2.24) is 15.0 Å². The summed E-state index contributed by atoms with van der Waals surface area (Å²) in [6.07, 6.45) is 3.88. The summed E-state index contributed by atoms with van der Waals surface area (Å²) in [6.45, 7) is 12.6. The number of aromatic nitrogens is 3. The Morgan fingerprint density at radius 3 is 1.98 bits per heavy atom. The molecule has 6 aromatic carbocycles. The van der Waals surface area contributed by atoms with E-state index < -0.39 is 0 Å². The molecule has 1 radical (unpaired) electrons. The molecule has 0 saturated heterocycles. The van der Waals surface area contributed by atoms with Crippen molar-refractivity contribution in [3.8, 4) is 55.9 Å². The minimum absolute atomic E-state index is 0. The van der Waals surface area contributed by atoms with E-state index in [1.807, 2.05) is 43.6 Å². The van der Waals surface area contributed by atoms with E-state index in [0.29, 0.717) is 5.71 Å². The van der Waals surface area contributed by atoms with Crippen LogP contribution in [0.3, 0.4) is 0 Å². The number of hydrogen-bond donors (Lipinski definition) is 0. The molecule has 0 aliphatic carbocycles. The standard InChI is InChI=1S/C35H25N2O.C20H18N.Ir/c1-21-20-36-33(31-11-7-10-29-30-15-12-22(2)37-35(30)38-34(29)31)19-32(21)28-17-14-26-18-25(13-16-27(26)23(28)3)24-8-5-4-6-9-24;1-14-9-10-18(20-11-15(2)16(3)13-21-20)12-19(14)17-7-5-4-6-8-17;/h4-10,12-20H,1-3H3;4-9,11-13H,1-3H3;/q2*-1;. The van der Waals surface area contributed by atoms with Gasteiger partial charge in [-0.2, -0.15) is 0 Å². The quantitative estimate of drug-likeness (QED) is 0.161. The molecule has 10 aromatic rings. The number of benzene rings is 6. The summed E-state index contributed by atoms with van der Waals surface area (Å²) in [7, 11) is 0. The van der Waals surface area contributed by atoms with Crippen molar-refractivity contribution in [3.05, 3.63) is 198 Å². The van der Waals surface area contributed by atoms with Crippen LogP contribution in [0.2, 0.25) is 0 Å². The minimum atomic E-state index is 0. The van der Waals surface area contributed by atoms with Gasteiger partial charge in [-0.15, -0.1) is 47.5 Å². The van der Waals surface area contributed by atoms with Crippen LogP contribution in [0, 0.1) is 53.7 Å². The molecule has 0 amide bonds. The van der Waals surface area contributed by atoms with Gasteiger partial charge in [-0.3, -0.25) is 0 Å². The molecule has 4 heterocycles. The van der Waals surface area contributed by atoms with E-state index in [0.717, 1.165) is 55.7 Å². The summed E-state index contributed by atoms with van der Waals surface area (Å²) < 4.78 is 6.24. The third kappa shape index (κ3) is 7.82. The predicted octanol–water partition coefficient (Wildman–Crippen LogP) is 14.4. The molecular formula is C55H43IrN3O-2. The molecule has 0 fully saturated rings. The van der Waals surface area contributed by atoms with E-state index in [1.165, 1.54) is 60.8 Å². The molecule has 4 nitrogen and oxygen atoms in total. The molecule has 0 bridgehead atoms. The van der Waals surface area contributed by atoms with E-state index in [-0.39, 0.29) is 20.1 Å². The van der Waals surface area contributed by atoms with Crippen molar-refractivity contribution in [3.63, 3.8) is 0 Å². The van der Waals surface area contributed by atoms with E-state index in [1.54, 1.807) is 0 Å². The Bertz CT molecular complexity index is 3170. The summed E-state index contributed by atoms with van der Waals surface area (Å²) in [5, 5.41) is 4.53. The average molecular weight is 954 g/mol. The molecule has 10 rings (SSSR count). The first-order valence-electron chi connectivity index (χ1n) is 20.0. The second kappa shape index (κ2) is 17.0. The maximum atomic E-state index is 6.24. The zero-order valence-corrected chi connectivity index (χ0v) is 36.9. The molecule has 4 aromatic heterocycles. The first-order chi connectivity index (χ1) is 28.7. The van der Waals surface area contributed by atoms with Crippen LogP contribution in [-0.2, 0) is 20.1 Å². The maximum absolute atomic E-state index is 6.24. The van der Waals surface area contributed by atoms with Crippen LogP contribution in [0.15, 0.2) is 156 Å². The van der Waals surface area contributed by atoms with Crippen LogP contribution in [0.5, 0.6) is 0 Å². The average Bonchev–Trinajstić information content (AvgIpc) is 3.64. The molecule has 0 saturated carbocycles. The maximum Gasteiger partial charge on any atom is 0.216 e. The summed E-state index contributed by atoms with van der Waals surface area (Å²) >= 11 is 0. The van der Waals surface area contributed by atoms with E-state index in [4.69, 9.17) is 9.40 Å². The fourth-order valence-electron chi connectivity index (χ4n) is 7.85. The molecule has 0 aliphatic heterocycles. The first-order valence-corrected chi connectivity index (χ1v) is 20.0. The summed E-state index contributed by atoms with van der Waals surface area (Å²) in [4.78, 5) is 13.9. The van der Waals surface area contributed by atoms with Gasteiger partial charge in [-0.05, 0) is 119 Å². The Hall–Kier alpha value is -6.52. The smallest absolute Gasteiger partial charge is 0.216 e. The second-order valence-corrected chi connectivity index (χ2v) is 15.4. The normalized spacial score (nSPS) is 11.0. The van der Waals surface area contributed by atoms with Crippen molar-refractivity contribution >= 4 is 32.8 Å². The van der Waals surface area contributed by atoms with Gasteiger partial charge in [0.25, 0.3) is 0 Å². The minimum Gasteiger partial charge on any atom is -0.486 e. The summed E-state index contributed by atoms with van der Waals surface area (Å²) in [6, 6.07) is 55.5. The topological polar surface area (TPSA) is 51.8 Å². The van der Waals surface area contributed by atoms with E-state index in [9.17, 15) is 0 Å². The van der Waals surface area contributed by atoms with Gasteiger partial charge < -0.3 is 14.4 Å². The summed E-state index contributed by atoms with van der Waals surface area (Å²) in [5.74, 6) is 0. The third-order valence-electron chi connectivity index (χ3n) is 11.4. The Morgan fingerprint density at radius 2 is 1.22 bits per heavy atom. The van der Waals surface area contributed by atoms with Gasteiger partial charge in [0, 0.05) is 43.6 Å². The molecule has 0 unspecified atom stereocenters. The number of nitrogens with zero attached hydrogens (tertiary/aromatic N) is 3. The van der Waals surface area contributed by atoms with Crippen LogP contribution in [0.25, 0.3) is 88.7 Å². The van der Waals surface area contributed by atoms with Crippen LogP contribution >= 0.6 is 0 Å². The van der Waals surface area contributed by atoms with Gasteiger partial charge in [0.1, 0.15) is 0 Å². The van der Waals surface area contributed by atoms with Crippen LogP contribution in [0.1, 0.15) is 33.5 Å². The van der Waals surface area contributed by atoms with Gasteiger partial charge in [-0.25, -0.2) is 4.98 Å². The molecule has 60 heavy (non-hydrogen) atoms. The van der Waals surface area contributed by atoms with Gasteiger partial charge in [-0.1, -0.05) is 126 Å². The van der Waals surface area contributed by atoms with Gasteiger partial charge >= 0.3 is 0 Å². The molecule has 0 atom stereocenters. The van der Waals surface area contributed by atoms with Crippen molar-refractivity contribution in [2.24, 2.45) is 0 Å². The second-order valence-electron chi connectivity index (χ2n) is 15.4. The molecule has 0 aliphatic rings. The Balaban J connectivity index is 0.000000193. The zero-order valence-electron chi connectivity index (χ0n) is 34.5. The molecule has 0 N–H and O–H groups in total. The molecular weight excluding hydrogens is 911 g/mol. The Morgan fingerprint density at radius 1 is 0.500 bits per heavy atom. The summed E-state index contributed by atoms with van der Waals surface area (Å²) in [5.41, 5.74) is 19.5. The number of pyridine rings is 3. The number of rotatable bonds is 5. The molecule has 5 heteroatoms. The van der Waals surface area contributed by atoms with Crippen LogP contribution in [0.4, 0.5) is 0 Å². The Kier molecular flexibility index (Phi) is 11.4. The van der Waals surface area contributed by atoms with Gasteiger partial charge in [0.15, 0.2) is 0 Å². The van der Waals surface area contributed by atoms with Gasteiger partial charge in [0.05, 0.1) is 5.58 Å². The number of aryl methyl sites for hydroxylation is 6. The first kappa shape index (κ1) is 40.3. The van der Waals surface area contributed by atoms with Crippen molar-refractivity contribution < 1.29 is 24.5 Å². The molecule has 295 valence electrons. The van der Waals surface area contributed by atoms with Gasteiger partial charge in [0.2, 0.25) is 5.71 Å². The van der Waals surface area contributed by atoms with E-state index >= 15 is 0 Å². The van der Waals surface area contributed by atoms with Crippen molar-refractivity contribution in [2.45, 2.75) is 41.5 Å².